The van der Waals surface area contributed by atoms with Crippen molar-refractivity contribution in [2.24, 2.45) is 0 Å². The van der Waals surface area contributed by atoms with Crippen molar-refractivity contribution in [1.29, 1.82) is 0 Å². The van der Waals surface area contributed by atoms with E-state index in [0.717, 1.165) is 16.8 Å². The molecule has 3 rings (SSSR count). The minimum atomic E-state index is -0.810. The van der Waals surface area contributed by atoms with E-state index in [9.17, 15) is 9.59 Å². The predicted octanol–water partition coefficient (Wildman–Crippen LogP) is 4.43. The molecule has 6 heteroatoms. The number of rotatable bonds is 6. The monoisotopic (exact) mass is 375 g/mol. The Bertz CT molecular complexity index is 956. The molecule has 0 atom stereocenters. The van der Waals surface area contributed by atoms with Gasteiger partial charge in [-0.25, -0.2) is 9.78 Å². The highest BCUT2D eigenvalue weighted by Crippen LogP contribution is 2.21. The molecule has 1 aromatic heterocycles. The Kier molecular flexibility index (Phi) is 6.01. The number of carbonyl (C=O) groups is 2. The van der Waals surface area contributed by atoms with Crippen molar-refractivity contribution in [3.8, 4) is 11.3 Å². The molecule has 0 saturated carbocycles. The number of pyridine rings is 1. The highest BCUT2D eigenvalue weighted by Gasteiger charge is 2.13. The fourth-order valence-corrected chi connectivity index (χ4v) is 2.70. The van der Waals surface area contributed by atoms with Gasteiger partial charge in [0, 0.05) is 24.7 Å². The molecule has 0 radical (unpaired) electrons. The highest BCUT2D eigenvalue weighted by molar-refractivity contribution is 6.00. The number of amides is 2. The molecule has 6 nitrogen and oxygen atoms in total. The van der Waals surface area contributed by atoms with Crippen LogP contribution in [0.2, 0.25) is 0 Å². The second-order valence-electron chi connectivity index (χ2n) is 6.33. The van der Waals surface area contributed by atoms with Crippen molar-refractivity contribution in [1.82, 2.24) is 4.98 Å². The molecule has 0 bridgehead atoms. The van der Waals surface area contributed by atoms with Gasteiger partial charge in [-0.2, -0.15) is 0 Å². The Balaban J connectivity index is 1.72. The van der Waals surface area contributed by atoms with E-state index >= 15 is 0 Å². The molecule has 0 aliphatic carbocycles. The zero-order chi connectivity index (χ0) is 19.9. The molecule has 2 N–H and O–H groups in total. The molecule has 2 aromatic carbocycles. The van der Waals surface area contributed by atoms with Crippen LogP contribution in [-0.2, 0) is 11.2 Å². The van der Waals surface area contributed by atoms with Crippen LogP contribution in [0.5, 0.6) is 0 Å². The number of hydrogen-bond acceptors (Lipinski definition) is 3. The van der Waals surface area contributed by atoms with E-state index in [1.807, 2.05) is 66.7 Å². The molecule has 28 heavy (non-hydrogen) atoms. The molecular weight excluding hydrogens is 354 g/mol. The van der Waals surface area contributed by atoms with E-state index in [4.69, 9.17) is 5.11 Å². The van der Waals surface area contributed by atoms with Gasteiger partial charge in [0.2, 0.25) is 0 Å². The molecule has 0 fully saturated rings. The van der Waals surface area contributed by atoms with E-state index in [2.05, 4.69) is 10.3 Å². The van der Waals surface area contributed by atoms with Crippen LogP contribution in [0.25, 0.3) is 11.3 Å². The zero-order valence-corrected chi connectivity index (χ0v) is 15.5. The maximum atomic E-state index is 12.5. The lowest BCUT2D eigenvalue weighted by Gasteiger charge is -2.18. The smallest absolute Gasteiger partial charge is 0.327 e. The van der Waals surface area contributed by atoms with Gasteiger partial charge in [0.15, 0.2) is 0 Å². The summed E-state index contributed by atoms with van der Waals surface area (Å²) < 4.78 is 0. The van der Waals surface area contributed by atoms with Crippen LogP contribution >= 0.6 is 0 Å². The van der Waals surface area contributed by atoms with Gasteiger partial charge in [0.25, 0.3) is 0 Å². The lowest BCUT2D eigenvalue weighted by atomic mass is 10.1. The highest BCUT2D eigenvalue weighted by atomic mass is 16.4. The molecule has 0 saturated heterocycles. The number of carboxylic acid groups (broad SMARTS) is 1. The van der Waals surface area contributed by atoms with Crippen LogP contribution in [0.15, 0.2) is 72.8 Å². The van der Waals surface area contributed by atoms with Gasteiger partial charge in [0.05, 0.1) is 5.69 Å². The molecule has 2 amide bonds. The Morgan fingerprint density at radius 3 is 2.36 bits per heavy atom. The van der Waals surface area contributed by atoms with Crippen LogP contribution in [0.1, 0.15) is 12.0 Å². The normalized spacial score (nSPS) is 10.3. The van der Waals surface area contributed by atoms with E-state index in [1.54, 1.807) is 13.1 Å². The van der Waals surface area contributed by atoms with E-state index in [1.165, 1.54) is 4.90 Å². The van der Waals surface area contributed by atoms with Gasteiger partial charge in [-0.05, 0) is 36.2 Å². The minimum Gasteiger partial charge on any atom is -0.481 e. The number of aromatic nitrogens is 1. The minimum absolute atomic E-state index is 0.106. The number of carbonyl (C=O) groups excluding carboxylic acids is 1. The third kappa shape index (κ3) is 4.94. The van der Waals surface area contributed by atoms with Crippen molar-refractivity contribution in [3.05, 3.63) is 78.4 Å². The maximum Gasteiger partial charge on any atom is 0.327 e. The van der Waals surface area contributed by atoms with Gasteiger partial charge >= 0.3 is 12.0 Å². The second kappa shape index (κ2) is 8.81. The number of anilines is 2. The number of para-hydroxylation sites is 1. The third-order valence-corrected chi connectivity index (χ3v) is 4.28. The Labute approximate surface area is 163 Å². The Morgan fingerprint density at radius 1 is 0.964 bits per heavy atom. The van der Waals surface area contributed by atoms with E-state index in [0.29, 0.717) is 17.9 Å². The quantitative estimate of drug-likeness (QED) is 0.667. The second-order valence-corrected chi connectivity index (χ2v) is 6.33. The van der Waals surface area contributed by atoms with Gasteiger partial charge in [-0.3, -0.25) is 9.69 Å². The Morgan fingerprint density at radius 2 is 1.68 bits per heavy atom. The molecule has 1 heterocycles. The van der Waals surface area contributed by atoms with Crippen LogP contribution in [0, 0.1) is 0 Å². The molecule has 0 aliphatic rings. The fraction of sp³-hybridized carbons (Fsp3) is 0.136. The molecule has 0 spiro atoms. The summed E-state index contributed by atoms with van der Waals surface area (Å²) in [4.78, 5) is 29.2. The summed E-state index contributed by atoms with van der Waals surface area (Å²) in [5.41, 5.74) is 3.31. The maximum absolute atomic E-state index is 12.5. The Hall–Kier alpha value is -3.67. The average molecular weight is 375 g/mol. The summed E-state index contributed by atoms with van der Waals surface area (Å²) in [5.74, 6) is -0.281. The largest absolute Gasteiger partial charge is 0.481 e. The number of hydrogen-bond donors (Lipinski definition) is 2. The van der Waals surface area contributed by atoms with Crippen LogP contribution in [0.4, 0.5) is 16.3 Å². The summed E-state index contributed by atoms with van der Waals surface area (Å²) in [6.45, 7) is 0. The van der Waals surface area contributed by atoms with Crippen molar-refractivity contribution < 1.29 is 14.7 Å². The number of carboxylic acids is 1. The third-order valence-electron chi connectivity index (χ3n) is 4.28. The first-order valence-electron chi connectivity index (χ1n) is 8.91. The number of nitrogens with zero attached hydrogens (tertiary/aromatic N) is 2. The van der Waals surface area contributed by atoms with E-state index < -0.39 is 5.97 Å². The summed E-state index contributed by atoms with van der Waals surface area (Å²) in [6, 6.07) is 22.1. The first kappa shape index (κ1) is 19.1. The topological polar surface area (TPSA) is 82.5 Å². The summed E-state index contributed by atoms with van der Waals surface area (Å²) in [6.07, 6.45) is 0.597. The SMILES string of the molecule is CN(C(=O)Nc1ccccc1)c1cccc(-c2ccc(CCC(=O)O)cc2)n1. The first-order valence-corrected chi connectivity index (χ1v) is 8.91. The summed E-state index contributed by atoms with van der Waals surface area (Å²) >= 11 is 0. The van der Waals surface area contributed by atoms with E-state index in [-0.39, 0.29) is 12.5 Å². The number of urea groups is 1. The summed E-state index contributed by atoms with van der Waals surface area (Å²) in [7, 11) is 1.67. The van der Waals surface area contributed by atoms with Gasteiger partial charge in [-0.1, -0.05) is 48.5 Å². The lowest BCUT2D eigenvalue weighted by molar-refractivity contribution is -0.136. The molecule has 142 valence electrons. The van der Waals surface area contributed by atoms with Crippen LogP contribution < -0.4 is 10.2 Å². The van der Waals surface area contributed by atoms with Crippen molar-refractivity contribution in [2.75, 3.05) is 17.3 Å². The lowest BCUT2D eigenvalue weighted by Crippen LogP contribution is -2.31. The number of benzene rings is 2. The fourth-order valence-electron chi connectivity index (χ4n) is 2.70. The average Bonchev–Trinajstić information content (AvgIpc) is 2.73. The summed E-state index contributed by atoms with van der Waals surface area (Å²) in [5, 5.41) is 11.6. The number of nitrogens with one attached hydrogen (secondary N) is 1. The van der Waals surface area contributed by atoms with Crippen molar-refractivity contribution >= 4 is 23.5 Å². The van der Waals surface area contributed by atoms with Crippen LogP contribution in [-0.4, -0.2) is 29.1 Å². The molecule has 0 aliphatic heterocycles. The standard InChI is InChI=1S/C22H21N3O3/c1-25(22(28)23-18-6-3-2-4-7-18)20-9-5-8-19(24-20)17-13-10-16(11-14-17)12-15-21(26)27/h2-11,13-14H,12,15H2,1H3,(H,23,28)(H,26,27). The van der Waals surface area contributed by atoms with Gasteiger partial charge < -0.3 is 10.4 Å². The van der Waals surface area contributed by atoms with Crippen LogP contribution in [0.3, 0.4) is 0 Å². The number of aliphatic carboxylic acids is 1. The van der Waals surface area contributed by atoms with Gasteiger partial charge in [-0.15, -0.1) is 0 Å². The van der Waals surface area contributed by atoms with Gasteiger partial charge in [0.1, 0.15) is 5.82 Å². The number of aryl methyl sites for hydroxylation is 1. The predicted molar refractivity (Wildman–Crippen MR) is 109 cm³/mol. The van der Waals surface area contributed by atoms with Crippen molar-refractivity contribution in [3.63, 3.8) is 0 Å². The van der Waals surface area contributed by atoms with Crippen molar-refractivity contribution in [2.45, 2.75) is 12.8 Å². The first-order chi connectivity index (χ1) is 13.5. The molecule has 0 unspecified atom stereocenters. The zero-order valence-electron chi connectivity index (χ0n) is 15.5. The molecule has 3 aromatic rings. The molecular formula is C22H21N3O3.